The average Bonchev–Trinajstić information content (AvgIpc) is 2.87. The zero-order valence-electron chi connectivity index (χ0n) is 21.7. The maximum Gasteiger partial charge on any atom is 0.415 e. The van der Waals surface area contributed by atoms with Crippen molar-refractivity contribution in [2.45, 2.75) is 46.3 Å². The number of non-ortho nitro benzene ring substituents is 1. The number of anilines is 4. The predicted molar refractivity (Wildman–Crippen MR) is 141 cm³/mol. The number of hydrogen-bond donors (Lipinski definition) is 1. The van der Waals surface area contributed by atoms with Gasteiger partial charge in [0.05, 0.1) is 35.6 Å². The third-order valence-corrected chi connectivity index (χ3v) is 6.30. The van der Waals surface area contributed by atoms with Gasteiger partial charge in [-0.2, -0.15) is 0 Å². The van der Waals surface area contributed by atoms with E-state index in [9.17, 15) is 14.9 Å². The lowest BCUT2D eigenvalue weighted by atomic mass is 10.0. The van der Waals surface area contributed by atoms with Crippen molar-refractivity contribution >= 4 is 34.8 Å². The Labute approximate surface area is 219 Å². The van der Waals surface area contributed by atoms with Crippen LogP contribution in [0.15, 0.2) is 36.7 Å². The molecule has 12 nitrogen and oxygen atoms in total. The topological polar surface area (TPSA) is 136 Å². The Morgan fingerprint density at radius 3 is 2.63 bits per heavy atom. The van der Waals surface area contributed by atoms with Gasteiger partial charge in [0.2, 0.25) is 11.8 Å². The summed E-state index contributed by atoms with van der Waals surface area (Å²) in [5.41, 5.74) is 4.36. The number of nitrogens with one attached hydrogen (secondary N) is 1. The van der Waals surface area contributed by atoms with Gasteiger partial charge >= 0.3 is 6.09 Å². The summed E-state index contributed by atoms with van der Waals surface area (Å²) in [7, 11) is 0. The number of nitrogens with zero attached hydrogens (tertiary/aromatic N) is 6. The molecule has 0 saturated carbocycles. The van der Waals surface area contributed by atoms with E-state index >= 15 is 0 Å². The zero-order chi connectivity index (χ0) is 27.0. The fraction of sp³-hybridized carbons (Fsp3) is 0.385. The molecule has 12 heteroatoms. The van der Waals surface area contributed by atoms with Crippen LogP contribution < -0.4 is 19.9 Å². The molecule has 2 aliphatic rings. The van der Waals surface area contributed by atoms with Gasteiger partial charge in [0.15, 0.2) is 0 Å². The molecule has 3 aromatic rings. The smallest absolute Gasteiger partial charge is 0.415 e. The van der Waals surface area contributed by atoms with Gasteiger partial charge in [-0.15, -0.1) is 0 Å². The van der Waals surface area contributed by atoms with Crippen LogP contribution in [-0.4, -0.2) is 51.3 Å². The van der Waals surface area contributed by atoms with Crippen LogP contribution in [-0.2, 0) is 17.7 Å². The first-order chi connectivity index (χ1) is 18.1. The highest BCUT2D eigenvalue weighted by molar-refractivity contribution is 5.92. The molecule has 1 amide bonds. The molecule has 1 aromatic carbocycles. The van der Waals surface area contributed by atoms with Gasteiger partial charge in [0, 0.05) is 36.1 Å². The highest BCUT2D eigenvalue weighted by Gasteiger charge is 2.32. The van der Waals surface area contributed by atoms with E-state index in [1.807, 2.05) is 33.9 Å². The maximum absolute atomic E-state index is 13.0. The summed E-state index contributed by atoms with van der Waals surface area (Å²) in [5, 5.41) is 14.0. The Hall–Kier alpha value is -4.48. The van der Waals surface area contributed by atoms with Gasteiger partial charge in [-0.1, -0.05) is 0 Å². The van der Waals surface area contributed by atoms with Crippen molar-refractivity contribution in [3.63, 3.8) is 0 Å². The van der Waals surface area contributed by atoms with E-state index < -0.39 is 16.6 Å². The molecule has 0 atom stereocenters. The van der Waals surface area contributed by atoms with Crippen molar-refractivity contribution in [3.05, 3.63) is 63.6 Å². The first-order valence-corrected chi connectivity index (χ1v) is 12.3. The van der Waals surface area contributed by atoms with Crippen LogP contribution in [0.3, 0.4) is 0 Å². The van der Waals surface area contributed by atoms with Crippen LogP contribution >= 0.6 is 0 Å². The number of nitro groups is 1. The number of rotatable bonds is 4. The maximum atomic E-state index is 13.0. The molecule has 0 spiro atoms. The molecule has 38 heavy (non-hydrogen) atoms. The van der Waals surface area contributed by atoms with Gasteiger partial charge in [-0.3, -0.25) is 15.0 Å². The third kappa shape index (κ3) is 5.15. The quantitative estimate of drug-likeness (QED) is 0.387. The number of aromatic nitrogens is 3. The fourth-order valence-electron chi connectivity index (χ4n) is 4.51. The lowest BCUT2D eigenvalue weighted by Gasteiger charge is -2.35. The first-order valence-electron chi connectivity index (χ1n) is 12.3. The highest BCUT2D eigenvalue weighted by atomic mass is 16.6. The normalized spacial score (nSPS) is 14.7. The molecule has 0 aliphatic carbocycles. The Morgan fingerprint density at radius 1 is 1.16 bits per heavy atom. The molecule has 2 aromatic heterocycles. The van der Waals surface area contributed by atoms with Crippen molar-refractivity contribution in [1.82, 2.24) is 15.0 Å². The molecular weight excluding hydrogens is 490 g/mol. The summed E-state index contributed by atoms with van der Waals surface area (Å²) in [6, 6.07) is 6.10. The standard InChI is InChI=1S/C26H29N7O5/c1-16-21(14-27-23-22(16)32(11-12-37-23)25(34)38-26(2,3)4)31-10-9-17-13-28-24(30-20(17)15-31)29-18-5-7-19(8-6-18)33(35)36/h5-8,13-14H,9-12,15H2,1-4H3,(H,28,29,30). The summed E-state index contributed by atoms with van der Waals surface area (Å²) in [4.78, 5) is 40.9. The second-order valence-electron chi connectivity index (χ2n) is 10.2. The second kappa shape index (κ2) is 9.77. The van der Waals surface area contributed by atoms with Crippen LogP contribution in [0.4, 0.5) is 33.5 Å². The number of ether oxygens (including phenoxy) is 2. The number of hydrogen-bond acceptors (Lipinski definition) is 10. The predicted octanol–water partition coefficient (Wildman–Crippen LogP) is 4.53. The van der Waals surface area contributed by atoms with Crippen molar-refractivity contribution in [1.29, 1.82) is 0 Å². The minimum atomic E-state index is -0.620. The molecule has 198 valence electrons. The van der Waals surface area contributed by atoms with E-state index in [4.69, 9.17) is 14.5 Å². The summed E-state index contributed by atoms with van der Waals surface area (Å²) in [5.74, 6) is 0.821. The van der Waals surface area contributed by atoms with Crippen LogP contribution in [0.1, 0.15) is 37.6 Å². The Bertz CT molecular complexity index is 1390. The van der Waals surface area contributed by atoms with Crippen molar-refractivity contribution in [2.75, 3.05) is 34.8 Å². The number of fused-ring (bicyclic) bond motifs is 2. The molecule has 1 N–H and O–H groups in total. The van der Waals surface area contributed by atoms with Crippen LogP contribution in [0.5, 0.6) is 5.88 Å². The van der Waals surface area contributed by atoms with Crippen LogP contribution in [0, 0.1) is 17.0 Å². The third-order valence-electron chi connectivity index (χ3n) is 6.30. The number of amides is 1. The molecule has 0 fully saturated rings. The Balaban J connectivity index is 1.38. The summed E-state index contributed by atoms with van der Waals surface area (Å²) in [6.45, 7) is 9.46. The summed E-state index contributed by atoms with van der Waals surface area (Å²) < 4.78 is 11.4. The highest BCUT2D eigenvalue weighted by Crippen LogP contribution is 2.39. The molecule has 0 radical (unpaired) electrons. The number of carbonyl (C=O) groups excluding carboxylic acids is 1. The summed E-state index contributed by atoms with van der Waals surface area (Å²) in [6.07, 6.45) is 3.90. The molecular formula is C26H29N7O5. The lowest BCUT2D eigenvalue weighted by Crippen LogP contribution is -2.42. The van der Waals surface area contributed by atoms with Gasteiger partial charge < -0.3 is 19.7 Å². The van der Waals surface area contributed by atoms with Gasteiger partial charge in [0.25, 0.3) is 5.69 Å². The largest absolute Gasteiger partial charge is 0.474 e. The van der Waals surface area contributed by atoms with Crippen LogP contribution in [0.25, 0.3) is 0 Å². The minimum Gasteiger partial charge on any atom is -0.474 e. The van der Waals surface area contributed by atoms with E-state index in [2.05, 4.69) is 20.2 Å². The van der Waals surface area contributed by atoms with Crippen molar-refractivity contribution in [2.24, 2.45) is 0 Å². The molecule has 2 aliphatic heterocycles. The van der Waals surface area contributed by atoms with Crippen LogP contribution in [0.2, 0.25) is 0 Å². The van der Waals surface area contributed by atoms with E-state index in [0.29, 0.717) is 42.9 Å². The minimum absolute atomic E-state index is 0.0159. The lowest BCUT2D eigenvalue weighted by molar-refractivity contribution is -0.384. The summed E-state index contributed by atoms with van der Waals surface area (Å²) >= 11 is 0. The number of benzene rings is 1. The molecule has 4 heterocycles. The average molecular weight is 520 g/mol. The monoisotopic (exact) mass is 519 g/mol. The van der Waals surface area contributed by atoms with Gasteiger partial charge in [-0.05, 0) is 51.8 Å². The van der Waals surface area contributed by atoms with E-state index in [-0.39, 0.29) is 5.69 Å². The van der Waals surface area contributed by atoms with Gasteiger partial charge in [0.1, 0.15) is 17.9 Å². The number of carbonyl (C=O) groups is 1. The fourth-order valence-corrected chi connectivity index (χ4v) is 4.51. The van der Waals surface area contributed by atoms with E-state index in [1.165, 1.54) is 12.1 Å². The number of pyridine rings is 1. The van der Waals surface area contributed by atoms with E-state index in [0.717, 1.165) is 35.5 Å². The van der Waals surface area contributed by atoms with Crippen molar-refractivity contribution < 1.29 is 19.2 Å². The zero-order valence-corrected chi connectivity index (χ0v) is 21.7. The number of nitro benzene ring substituents is 1. The Kier molecular flexibility index (Phi) is 6.47. The first kappa shape index (κ1) is 25.2. The molecule has 0 saturated heterocycles. The van der Waals surface area contributed by atoms with E-state index in [1.54, 1.807) is 23.2 Å². The molecule has 0 unspecified atom stereocenters. The van der Waals surface area contributed by atoms with Gasteiger partial charge in [-0.25, -0.2) is 19.7 Å². The molecule has 0 bridgehead atoms. The SMILES string of the molecule is Cc1c(N2CCc3cnc(Nc4ccc([N+](=O)[O-])cc4)nc3C2)cnc2c1N(C(=O)OC(C)(C)C)CCO2. The Morgan fingerprint density at radius 2 is 1.92 bits per heavy atom. The second-order valence-corrected chi connectivity index (χ2v) is 10.2. The van der Waals surface area contributed by atoms with Crippen molar-refractivity contribution in [3.8, 4) is 5.88 Å². The molecule has 5 rings (SSSR count).